The molecule has 6 heteroatoms. The minimum atomic E-state index is -0.231. The van der Waals surface area contributed by atoms with E-state index in [1.165, 1.54) is 23.0 Å². The normalized spacial score (nSPS) is 11.3. The molecule has 3 aromatic rings. The molecule has 27 heavy (non-hydrogen) atoms. The van der Waals surface area contributed by atoms with Crippen LogP contribution in [0, 0.1) is 0 Å². The fraction of sp³-hybridized carbons (Fsp3) is 0.143. The number of carbonyl (C=O) groups excluding carboxylic acids is 1. The van der Waals surface area contributed by atoms with Gasteiger partial charge in [-0.1, -0.05) is 61.3 Å². The Morgan fingerprint density at radius 3 is 2.56 bits per heavy atom. The summed E-state index contributed by atoms with van der Waals surface area (Å²) in [6.07, 6.45) is 3.28. The third kappa shape index (κ3) is 5.19. The lowest BCUT2D eigenvalue weighted by atomic mass is 10.0. The summed E-state index contributed by atoms with van der Waals surface area (Å²) in [5, 5.41) is 6.23. The van der Waals surface area contributed by atoms with E-state index in [0.29, 0.717) is 26.8 Å². The summed E-state index contributed by atoms with van der Waals surface area (Å²) in [5.41, 5.74) is 3.72. The second kappa shape index (κ2) is 8.70. The molecule has 1 heterocycles. The van der Waals surface area contributed by atoms with Gasteiger partial charge in [-0.05, 0) is 41.3 Å². The van der Waals surface area contributed by atoms with Crippen molar-refractivity contribution in [1.82, 2.24) is 4.98 Å². The molecule has 0 saturated heterocycles. The Morgan fingerprint density at radius 2 is 1.89 bits per heavy atom. The zero-order chi connectivity index (χ0) is 19.4. The van der Waals surface area contributed by atoms with Gasteiger partial charge >= 0.3 is 0 Å². The molecular formula is C21H18Cl2N2OS. The van der Waals surface area contributed by atoms with E-state index in [1.807, 2.05) is 23.6 Å². The van der Waals surface area contributed by atoms with Crippen molar-refractivity contribution in [2.45, 2.75) is 19.8 Å². The van der Waals surface area contributed by atoms with Crippen molar-refractivity contribution >= 4 is 51.7 Å². The molecule has 1 N–H and O–H groups in total. The molecule has 0 aliphatic rings. The number of nitrogens with zero attached hydrogens (tertiary/aromatic N) is 1. The minimum absolute atomic E-state index is 0.231. The van der Waals surface area contributed by atoms with Gasteiger partial charge in [0.1, 0.15) is 0 Å². The van der Waals surface area contributed by atoms with Crippen LogP contribution in [0.15, 0.2) is 53.9 Å². The minimum Gasteiger partial charge on any atom is -0.298 e. The van der Waals surface area contributed by atoms with Crippen LogP contribution >= 0.6 is 34.5 Å². The zero-order valence-corrected chi connectivity index (χ0v) is 17.2. The molecule has 1 amide bonds. The number of hydrogen-bond acceptors (Lipinski definition) is 3. The molecule has 1 aromatic heterocycles. The topological polar surface area (TPSA) is 42.0 Å². The van der Waals surface area contributed by atoms with E-state index in [2.05, 4.69) is 36.3 Å². The molecule has 0 bridgehead atoms. The number of rotatable bonds is 5. The fourth-order valence-electron chi connectivity index (χ4n) is 2.46. The highest BCUT2D eigenvalue weighted by molar-refractivity contribution is 7.14. The smallest absolute Gasteiger partial charge is 0.250 e. The molecule has 0 saturated carbocycles. The maximum absolute atomic E-state index is 12.1. The maximum atomic E-state index is 12.1. The van der Waals surface area contributed by atoms with Crippen LogP contribution < -0.4 is 5.32 Å². The lowest BCUT2D eigenvalue weighted by Crippen LogP contribution is -2.07. The Kier molecular flexibility index (Phi) is 6.32. The van der Waals surface area contributed by atoms with E-state index in [9.17, 15) is 4.79 Å². The highest BCUT2D eigenvalue weighted by atomic mass is 35.5. The van der Waals surface area contributed by atoms with Crippen LogP contribution in [0.5, 0.6) is 0 Å². The van der Waals surface area contributed by atoms with Crippen molar-refractivity contribution in [2.75, 3.05) is 5.32 Å². The van der Waals surface area contributed by atoms with Crippen LogP contribution in [0.2, 0.25) is 10.0 Å². The van der Waals surface area contributed by atoms with E-state index < -0.39 is 0 Å². The Bertz CT molecular complexity index is 978. The summed E-state index contributed by atoms with van der Waals surface area (Å²) in [6.45, 7) is 4.30. The number of halogens is 2. The Labute approximate surface area is 172 Å². The first kappa shape index (κ1) is 19.6. The second-order valence-electron chi connectivity index (χ2n) is 6.31. The van der Waals surface area contributed by atoms with Gasteiger partial charge in [-0.25, -0.2) is 4.98 Å². The molecule has 138 valence electrons. The molecule has 0 aliphatic heterocycles. The quantitative estimate of drug-likeness (QED) is 0.459. The van der Waals surface area contributed by atoms with Gasteiger partial charge in [0.2, 0.25) is 5.91 Å². The Balaban J connectivity index is 1.65. The number of amides is 1. The Morgan fingerprint density at radius 1 is 1.15 bits per heavy atom. The molecule has 0 radical (unpaired) electrons. The highest BCUT2D eigenvalue weighted by Gasteiger charge is 2.10. The predicted molar refractivity (Wildman–Crippen MR) is 116 cm³/mol. The van der Waals surface area contributed by atoms with Gasteiger partial charge in [0.15, 0.2) is 5.13 Å². The number of nitrogens with one attached hydrogen (secondary N) is 1. The van der Waals surface area contributed by atoms with E-state index in [0.717, 1.165) is 11.1 Å². The predicted octanol–water partition coefficient (Wildman–Crippen LogP) is 6.89. The molecule has 3 nitrogen and oxygen atoms in total. The first-order valence-corrected chi connectivity index (χ1v) is 10.1. The van der Waals surface area contributed by atoms with Crippen molar-refractivity contribution in [3.63, 3.8) is 0 Å². The molecular weight excluding hydrogens is 399 g/mol. The fourth-order valence-corrected chi connectivity index (χ4v) is 3.68. The lowest BCUT2D eigenvalue weighted by molar-refractivity contribution is -0.111. The standard InChI is InChI=1S/C21H18Cl2N2OS/c1-13(2)15-6-3-14(4-7-15)5-10-20(26)25-21-24-19(12-27-21)17-9-8-16(22)11-18(17)23/h3-13H,1-2H3,(H,24,25,26)/b10-5+. The monoisotopic (exact) mass is 416 g/mol. The summed E-state index contributed by atoms with van der Waals surface area (Å²) in [6, 6.07) is 13.4. The summed E-state index contributed by atoms with van der Waals surface area (Å²) < 4.78 is 0. The molecule has 0 unspecified atom stereocenters. The van der Waals surface area contributed by atoms with Crippen molar-refractivity contribution in [2.24, 2.45) is 0 Å². The third-order valence-electron chi connectivity index (χ3n) is 3.97. The second-order valence-corrected chi connectivity index (χ2v) is 8.01. The van der Waals surface area contributed by atoms with Crippen molar-refractivity contribution < 1.29 is 4.79 Å². The number of carbonyl (C=O) groups is 1. The van der Waals surface area contributed by atoms with Gasteiger partial charge in [0, 0.05) is 22.0 Å². The van der Waals surface area contributed by atoms with Crippen LogP contribution in [-0.2, 0) is 4.79 Å². The van der Waals surface area contributed by atoms with Gasteiger partial charge in [0.05, 0.1) is 10.7 Å². The van der Waals surface area contributed by atoms with Crippen molar-refractivity contribution in [3.05, 3.63) is 75.1 Å². The summed E-state index contributed by atoms with van der Waals surface area (Å²) in [5.74, 6) is 0.255. The van der Waals surface area contributed by atoms with Crippen LogP contribution in [-0.4, -0.2) is 10.9 Å². The van der Waals surface area contributed by atoms with Gasteiger partial charge in [-0.15, -0.1) is 11.3 Å². The van der Waals surface area contributed by atoms with E-state index >= 15 is 0 Å². The largest absolute Gasteiger partial charge is 0.298 e. The van der Waals surface area contributed by atoms with Crippen molar-refractivity contribution in [3.8, 4) is 11.3 Å². The molecule has 0 aliphatic carbocycles. The highest BCUT2D eigenvalue weighted by Crippen LogP contribution is 2.32. The van der Waals surface area contributed by atoms with Crippen LogP contribution in [0.3, 0.4) is 0 Å². The summed E-state index contributed by atoms with van der Waals surface area (Å²) >= 11 is 13.5. The molecule has 0 fully saturated rings. The summed E-state index contributed by atoms with van der Waals surface area (Å²) in [7, 11) is 0. The van der Waals surface area contributed by atoms with Crippen LogP contribution in [0.1, 0.15) is 30.9 Å². The number of aromatic nitrogens is 1. The number of hydrogen-bond donors (Lipinski definition) is 1. The summed E-state index contributed by atoms with van der Waals surface area (Å²) in [4.78, 5) is 16.6. The van der Waals surface area contributed by atoms with E-state index in [1.54, 1.807) is 18.2 Å². The number of thiazole rings is 1. The average Bonchev–Trinajstić information content (AvgIpc) is 3.08. The van der Waals surface area contributed by atoms with Crippen LogP contribution in [0.4, 0.5) is 5.13 Å². The Hall–Kier alpha value is -2.14. The first-order valence-electron chi connectivity index (χ1n) is 8.42. The molecule has 3 rings (SSSR count). The zero-order valence-electron chi connectivity index (χ0n) is 14.9. The number of anilines is 1. The lowest BCUT2D eigenvalue weighted by Gasteiger charge is -2.04. The number of benzene rings is 2. The average molecular weight is 417 g/mol. The molecule has 0 atom stereocenters. The van der Waals surface area contributed by atoms with E-state index in [-0.39, 0.29) is 5.91 Å². The van der Waals surface area contributed by atoms with E-state index in [4.69, 9.17) is 23.2 Å². The van der Waals surface area contributed by atoms with Gasteiger partial charge < -0.3 is 0 Å². The van der Waals surface area contributed by atoms with Crippen molar-refractivity contribution in [1.29, 1.82) is 0 Å². The van der Waals surface area contributed by atoms with Crippen LogP contribution in [0.25, 0.3) is 17.3 Å². The third-order valence-corrected chi connectivity index (χ3v) is 5.28. The molecule has 0 spiro atoms. The first-order chi connectivity index (χ1) is 12.9. The van der Waals surface area contributed by atoms with Gasteiger partial charge in [-0.2, -0.15) is 0 Å². The van der Waals surface area contributed by atoms with Gasteiger partial charge in [0.25, 0.3) is 0 Å². The maximum Gasteiger partial charge on any atom is 0.250 e. The van der Waals surface area contributed by atoms with Gasteiger partial charge in [-0.3, -0.25) is 10.1 Å². The molecule has 2 aromatic carbocycles. The SMILES string of the molecule is CC(C)c1ccc(/C=C/C(=O)Nc2nc(-c3ccc(Cl)cc3Cl)cs2)cc1.